The summed E-state index contributed by atoms with van der Waals surface area (Å²) in [5, 5.41) is 3.62. The Bertz CT molecular complexity index is 200. The zero-order chi connectivity index (χ0) is 9.69. The molecular formula is C12H23N. The Morgan fingerprint density at radius 2 is 1.92 bits per heavy atom. The lowest BCUT2D eigenvalue weighted by molar-refractivity contribution is 0.370. The third-order valence-electron chi connectivity index (χ3n) is 3.85. The summed E-state index contributed by atoms with van der Waals surface area (Å²) in [7, 11) is 0. The van der Waals surface area contributed by atoms with Crippen LogP contribution >= 0.6 is 0 Å². The van der Waals surface area contributed by atoms with Crippen molar-refractivity contribution in [2.75, 3.05) is 6.54 Å². The molecule has 0 radical (unpaired) electrons. The van der Waals surface area contributed by atoms with Crippen molar-refractivity contribution in [2.45, 2.75) is 52.5 Å². The van der Waals surface area contributed by atoms with Crippen LogP contribution in [-0.4, -0.2) is 12.1 Å². The summed E-state index contributed by atoms with van der Waals surface area (Å²) in [5.74, 6) is 2.05. The van der Waals surface area contributed by atoms with Gasteiger partial charge in [0.15, 0.2) is 0 Å². The second-order valence-corrected chi connectivity index (χ2v) is 6.31. The van der Waals surface area contributed by atoms with Gasteiger partial charge in [-0.1, -0.05) is 6.92 Å². The van der Waals surface area contributed by atoms with Gasteiger partial charge in [-0.15, -0.1) is 0 Å². The molecule has 2 fully saturated rings. The molecule has 2 saturated carbocycles. The van der Waals surface area contributed by atoms with Crippen LogP contribution in [0.1, 0.15) is 47.0 Å². The maximum absolute atomic E-state index is 3.62. The molecule has 0 aromatic rings. The third kappa shape index (κ3) is 2.07. The SMILES string of the molecule is CC(C)(C)NCC1CC1(C)C1CC1. The standard InChI is InChI=1S/C12H23N/c1-11(2,3)13-8-10-7-12(10,4)9-5-6-9/h9-10,13H,5-8H2,1-4H3. The molecule has 0 aromatic carbocycles. The van der Waals surface area contributed by atoms with E-state index in [1.54, 1.807) is 0 Å². The molecule has 76 valence electrons. The summed E-state index contributed by atoms with van der Waals surface area (Å²) in [5.41, 5.74) is 1.03. The summed E-state index contributed by atoms with van der Waals surface area (Å²) in [6, 6.07) is 0. The molecule has 1 N–H and O–H groups in total. The van der Waals surface area contributed by atoms with Crippen LogP contribution in [0.4, 0.5) is 0 Å². The number of rotatable bonds is 3. The zero-order valence-electron chi connectivity index (χ0n) is 9.48. The van der Waals surface area contributed by atoms with Gasteiger partial charge in [0, 0.05) is 5.54 Å². The van der Waals surface area contributed by atoms with Crippen LogP contribution in [-0.2, 0) is 0 Å². The van der Waals surface area contributed by atoms with E-state index in [9.17, 15) is 0 Å². The van der Waals surface area contributed by atoms with Gasteiger partial charge < -0.3 is 5.32 Å². The molecule has 0 heterocycles. The zero-order valence-corrected chi connectivity index (χ0v) is 9.48. The minimum Gasteiger partial charge on any atom is -0.312 e. The van der Waals surface area contributed by atoms with Gasteiger partial charge in [0.1, 0.15) is 0 Å². The second-order valence-electron chi connectivity index (χ2n) is 6.31. The Morgan fingerprint density at radius 1 is 1.31 bits per heavy atom. The second kappa shape index (κ2) is 2.73. The summed E-state index contributed by atoms with van der Waals surface area (Å²) >= 11 is 0. The molecule has 1 heteroatoms. The van der Waals surface area contributed by atoms with Gasteiger partial charge in [0.2, 0.25) is 0 Å². The molecule has 0 amide bonds. The van der Waals surface area contributed by atoms with E-state index in [1.165, 1.54) is 25.8 Å². The van der Waals surface area contributed by atoms with Gasteiger partial charge in [0.05, 0.1) is 0 Å². The molecule has 2 rings (SSSR count). The van der Waals surface area contributed by atoms with Gasteiger partial charge in [-0.05, 0) is 63.8 Å². The van der Waals surface area contributed by atoms with Crippen molar-refractivity contribution in [2.24, 2.45) is 17.3 Å². The summed E-state index contributed by atoms with van der Waals surface area (Å²) in [4.78, 5) is 0. The quantitative estimate of drug-likeness (QED) is 0.706. The minimum absolute atomic E-state index is 0.299. The average molecular weight is 181 g/mol. The molecule has 0 saturated heterocycles. The highest BCUT2D eigenvalue weighted by molar-refractivity contribution is 5.08. The first-order valence-electron chi connectivity index (χ1n) is 5.67. The molecular weight excluding hydrogens is 158 g/mol. The molecule has 13 heavy (non-hydrogen) atoms. The van der Waals surface area contributed by atoms with Crippen LogP contribution in [0.3, 0.4) is 0 Å². The van der Waals surface area contributed by atoms with Crippen LogP contribution < -0.4 is 5.32 Å². The highest BCUT2D eigenvalue weighted by Gasteiger charge is 2.57. The Labute approximate surface area is 82.3 Å². The Hall–Kier alpha value is -0.0400. The van der Waals surface area contributed by atoms with E-state index >= 15 is 0 Å². The predicted molar refractivity (Wildman–Crippen MR) is 56.7 cm³/mol. The number of hydrogen-bond acceptors (Lipinski definition) is 1. The monoisotopic (exact) mass is 181 g/mol. The van der Waals surface area contributed by atoms with E-state index in [-0.39, 0.29) is 0 Å². The highest BCUT2D eigenvalue weighted by Crippen LogP contribution is 2.64. The molecule has 2 atom stereocenters. The van der Waals surface area contributed by atoms with E-state index in [0.29, 0.717) is 5.54 Å². The maximum atomic E-state index is 3.62. The molecule has 1 nitrogen and oxygen atoms in total. The van der Waals surface area contributed by atoms with E-state index in [1.807, 2.05) is 0 Å². The fraction of sp³-hybridized carbons (Fsp3) is 1.00. The summed E-state index contributed by atoms with van der Waals surface area (Å²) in [6.45, 7) is 10.5. The largest absolute Gasteiger partial charge is 0.312 e. The van der Waals surface area contributed by atoms with Crippen LogP contribution in [0.15, 0.2) is 0 Å². The summed E-state index contributed by atoms with van der Waals surface area (Å²) in [6.07, 6.45) is 4.48. The average Bonchev–Trinajstić information content (AvgIpc) is 2.73. The van der Waals surface area contributed by atoms with E-state index < -0.39 is 0 Å². The van der Waals surface area contributed by atoms with Gasteiger partial charge in [0.25, 0.3) is 0 Å². The molecule has 2 aliphatic rings. The van der Waals surface area contributed by atoms with Crippen molar-refractivity contribution >= 4 is 0 Å². The van der Waals surface area contributed by atoms with Crippen LogP contribution in [0.25, 0.3) is 0 Å². The Morgan fingerprint density at radius 3 is 2.38 bits per heavy atom. The van der Waals surface area contributed by atoms with Crippen LogP contribution in [0.5, 0.6) is 0 Å². The van der Waals surface area contributed by atoms with Crippen LogP contribution in [0.2, 0.25) is 0 Å². The molecule has 0 aliphatic heterocycles. The van der Waals surface area contributed by atoms with E-state index in [4.69, 9.17) is 0 Å². The van der Waals surface area contributed by atoms with E-state index in [2.05, 4.69) is 33.0 Å². The highest BCUT2D eigenvalue weighted by atomic mass is 15.0. The van der Waals surface area contributed by atoms with Crippen molar-refractivity contribution in [3.05, 3.63) is 0 Å². The van der Waals surface area contributed by atoms with Crippen LogP contribution in [0, 0.1) is 17.3 Å². The topological polar surface area (TPSA) is 12.0 Å². The van der Waals surface area contributed by atoms with Gasteiger partial charge in [-0.2, -0.15) is 0 Å². The number of nitrogens with one attached hydrogen (secondary N) is 1. The van der Waals surface area contributed by atoms with Gasteiger partial charge >= 0.3 is 0 Å². The molecule has 2 aliphatic carbocycles. The Kier molecular flexibility index (Phi) is 1.99. The molecule has 0 bridgehead atoms. The van der Waals surface area contributed by atoms with Crippen molar-refractivity contribution < 1.29 is 0 Å². The lowest BCUT2D eigenvalue weighted by Crippen LogP contribution is -2.37. The first kappa shape index (κ1) is 9.51. The molecule has 2 unspecified atom stereocenters. The first-order chi connectivity index (χ1) is 5.92. The number of hydrogen-bond donors (Lipinski definition) is 1. The first-order valence-corrected chi connectivity index (χ1v) is 5.67. The lowest BCUT2D eigenvalue weighted by atomic mass is 9.99. The van der Waals surface area contributed by atoms with Gasteiger partial charge in [-0.25, -0.2) is 0 Å². The Balaban J connectivity index is 1.74. The fourth-order valence-corrected chi connectivity index (χ4v) is 2.45. The molecule has 0 aromatic heterocycles. The maximum Gasteiger partial charge on any atom is 0.00966 e. The van der Waals surface area contributed by atoms with Gasteiger partial charge in [-0.3, -0.25) is 0 Å². The smallest absolute Gasteiger partial charge is 0.00966 e. The fourth-order valence-electron chi connectivity index (χ4n) is 2.45. The lowest BCUT2D eigenvalue weighted by Gasteiger charge is -2.21. The predicted octanol–water partition coefficient (Wildman–Crippen LogP) is 2.81. The van der Waals surface area contributed by atoms with Crippen molar-refractivity contribution in [3.8, 4) is 0 Å². The van der Waals surface area contributed by atoms with E-state index in [0.717, 1.165) is 17.3 Å². The summed E-state index contributed by atoms with van der Waals surface area (Å²) < 4.78 is 0. The van der Waals surface area contributed by atoms with Crippen molar-refractivity contribution in [1.29, 1.82) is 0 Å². The normalized spacial score (nSPS) is 39.2. The van der Waals surface area contributed by atoms with Crippen molar-refractivity contribution in [3.63, 3.8) is 0 Å². The van der Waals surface area contributed by atoms with Crippen molar-refractivity contribution in [1.82, 2.24) is 5.32 Å². The minimum atomic E-state index is 0.299. The third-order valence-corrected chi connectivity index (χ3v) is 3.85. The molecule has 0 spiro atoms.